The smallest absolute Gasteiger partial charge is 0.222 e. The summed E-state index contributed by atoms with van der Waals surface area (Å²) in [5.41, 5.74) is 0. The number of likely N-dealkylation sites (tertiary alicyclic amines) is 1. The van der Waals surface area contributed by atoms with E-state index in [0.717, 1.165) is 13.1 Å². The van der Waals surface area contributed by atoms with Crippen LogP contribution in [0.3, 0.4) is 0 Å². The van der Waals surface area contributed by atoms with Gasteiger partial charge >= 0.3 is 0 Å². The van der Waals surface area contributed by atoms with Gasteiger partial charge < -0.3 is 4.90 Å². The Morgan fingerprint density at radius 3 is 3.08 bits per heavy atom. The van der Waals surface area contributed by atoms with Gasteiger partial charge in [0, 0.05) is 32.5 Å². The second-order valence-electron chi connectivity index (χ2n) is 3.46. The Morgan fingerprint density at radius 2 is 2.54 bits per heavy atom. The zero-order valence-electron chi connectivity index (χ0n) is 7.55. The number of rotatable bonds is 2. The van der Waals surface area contributed by atoms with Crippen molar-refractivity contribution in [3.8, 4) is 0 Å². The van der Waals surface area contributed by atoms with Gasteiger partial charge in [-0.15, -0.1) is 0 Å². The normalized spacial score (nSPS) is 22.7. The predicted octanol–water partition coefficient (Wildman–Crippen LogP) is -0.244. The standard InChI is InChI=1S/C8H12N4O/c1-11-3-7(2-8(11)13)4-12-6-9-5-10-12/h5-7H,2-4H2,1H3. The van der Waals surface area contributed by atoms with E-state index in [1.807, 2.05) is 7.05 Å². The monoisotopic (exact) mass is 180 g/mol. The van der Waals surface area contributed by atoms with Gasteiger partial charge in [-0.2, -0.15) is 5.10 Å². The molecule has 0 aromatic carbocycles. The number of hydrogen-bond donors (Lipinski definition) is 0. The molecule has 5 heteroatoms. The highest BCUT2D eigenvalue weighted by Gasteiger charge is 2.26. The molecule has 0 spiro atoms. The zero-order valence-corrected chi connectivity index (χ0v) is 7.55. The maximum absolute atomic E-state index is 11.2. The molecular formula is C8H12N4O. The lowest BCUT2D eigenvalue weighted by molar-refractivity contribution is -0.126. The van der Waals surface area contributed by atoms with Crippen LogP contribution in [0.1, 0.15) is 6.42 Å². The molecule has 1 aliphatic heterocycles. The van der Waals surface area contributed by atoms with Crippen molar-refractivity contribution in [3.05, 3.63) is 12.7 Å². The van der Waals surface area contributed by atoms with E-state index in [-0.39, 0.29) is 5.91 Å². The van der Waals surface area contributed by atoms with Gasteiger partial charge in [0.2, 0.25) is 5.91 Å². The van der Waals surface area contributed by atoms with Crippen LogP contribution in [-0.4, -0.2) is 39.2 Å². The van der Waals surface area contributed by atoms with Gasteiger partial charge in [0.15, 0.2) is 0 Å². The second-order valence-corrected chi connectivity index (χ2v) is 3.46. The topological polar surface area (TPSA) is 51.0 Å². The average molecular weight is 180 g/mol. The highest BCUT2D eigenvalue weighted by molar-refractivity contribution is 5.78. The summed E-state index contributed by atoms with van der Waals surface area (Å²) in [5.74, 6) is 0.615. The highest BCUT2D eigenvalue weighted by Crippen LogP contribution is 2.16. The SMILES string of the molecule is CN1CC(Cn2cncn2)CC1=O. The minimum absolute atomic E-state index is 0.227. The van der Waals surface area contributed by atoms with E-state index in [0.29, 0.717) is 12.3 Å². The minimum atomic E-state index is 0.227. The van der Waals surface area contributed by atoms with E-state index in [1.54, 1.807) is 15.9 Å². The Kier molecular flexibility index (Phi) is 2.00. The van der Waals surface area contributed by atoms with Crippen LogP contribution in [0.25, 0.3) is 0 Å². The Balaban J connectivity index is 1.94. The van der Waals surface area contributed by atoms with Crippen LogP contribution in [0, 0.1) is 5.92 Å². The second kappa shape index (κ2) is 3.16. The molecule has 2 rings (SSSR count). The van der Waals surface area contributed by atoms with Gasteiger partial charge in [-0.1, -0.05) is 0 Å². The van der Waals surface area contributed by atoms with Crippen LogP contribution in [0.2, 0.25) is 0 Å². The van der Waals surface area contributed by atoms with Crippen molar-refractivity contribution < 1.29 is 4.79 Å². The third kappa shape index (κ3) is 1.68. The van der Waals surface area contributed by atoms with Gasteiger partial charge in [-0.05, 0) is 0 Å². The highest BCUT2D eigenvalue weighted by atomic mass is 16.2. The molecule has 0 saturated carbocycles. The van der Waals surface area contributed by atoms with Crippen molar-refractivity contribution in [1.29, 1.82) is 0 Å². The van der Waals surface area contributed by atoms with Crippen LogP contribution < -0.4 is 0 Å². The number of hydrogen-bond acceptors (Lipinski definition) is 3. The van der Waals surface area contributed by atoms with E-state index in [4.69, 9.17) is 0 Å². The maximum atomic E-state index is 11.2. The summed E-state index contributed by atoms with van der Waals surface area (Å²) in [6, 6.07) is 0. The van der Waals surface area contributed by atoms with Crippen molar-refractivity contribution >= 4 is 5.91 Å². The number of carbonyl (C=O) groups is 1. The van der Waals surface area contributed by atoms with Crippen LogP contribution in [0.4, 0.5) is 0 Å². The molecule has 1 amide bonds. The molecule has 1 saturated heterocycles. The molecule has 0 radical (unpaired) electrons. The molecule has 1 aromatic heterocycles. The fraction of sp³-hybridized carbons (Fsp3) is 0.625. The van der Waals surface area contributed by atoms with E-state index < -0.39 is 0 Å². The molecule has 1 unspecified atom stereocenters. The van der Waals surface area contributed by atoms with E-state index in [2.05, 4.69) is 10.1 Å². The fourth-order valence-electron chi connectivity index (χ4n) is 1.67. The summed E-state index contributed by atoms with van der Waals surface area (Å²) in [4.78, 5) is 16.8. The summed E-state index contributed by atoms with van der Waals surface area (Å²) in [7, 11) is 1.84. The van der Waals surface area contributed by atoms with E-state index in [9.17, 15) is 4.79 Å². The lowest BCUT2D eigenvalue weighted by Crippen LogP contribution is -2.20. The Hall–Kier alpha value is -1.39. The molecule has 1 aliphatic rings. The van der Waals surface area contributed by atoms with Gasteiger partial charge in [-0.3, -0.25) is 9.48 Å². The molecule has 13 heavy (non-hydrogen) atoms. The maximum Gasteiger partial charge on any atom is 0.222 e. The predicted molar refractivity (Wildman–Crippen MR) is 45.8 cm³/mol. The Morgan fingerprint density at radius 1 is 1.69 bits per heavy atom. The van der Waals surface area contributed by atoms with Crippen molar-refractivity contribution in [2.75, 3.05) is 13.6 Å². The third-order valence-electron chi connectivity index (χ3n) is 2.33. The molecule has 0 bridgehead atoms. The summed E-state index contributed by atoms with van der Waals surface area (Å²) >= 11 is 0. The molecular weight excluding hydrogens is 168 g/mol. The summed E-state index contributed by atoms with van der Waals surface area (Å²) in [6.07, 6.45) is 3.83. The van der Waals surface area contributed by atoms with E-state index in [1.165, 1.54) is 6.33 Å². The van der Waals surface area contributed by atoms with Crippen LogP contribution in [-0.2, 0) is 11.3 Å². The zero-order chi connectivity index (χ0) is 9.26. The molecule has 1 aromatic rings. The first-order valence-electron chi connectivity index (χ1n) is 4.32. The lowest BCUT2D eigenvalue weighted by atomic mass is 10.1. The first kappa shape index (κ1) is 8.22. The molecule has 0 N–H and O–H groups in total. The largest absolute Gasteiger partial charge is 0.345 e. The van der Waals surface area contributed by atoms with Gasteiger partial charge in [0.05, 0.1) is 0 Å². The Labute approximate surface area is 76.4 Å². The summed E-state index contributed by atoms with van der Waals surface area (Å²) in [5, 5.41) is 4.01. The first-order valence-corrected chi connectivity index (χ1v) is 4.32. The minimum Gasteiger partial charge on any atom is -0.345 e. The van der Waals surface area contributed by atoms with Crippen molar-refractivity contribution in [2.45, 2.75) is 13.0 Å². The molecule has 2 heterocycles. The fourth-order valence-corrected chi connectivity index (χ4v) is 1.67. The first-order chi connectivity index (χ1) is 6.25. The Bertz CT molecular complexity index is 295. The number of amides is 1. The molecule has 0 aliphatic carbocycles. The van der Waals surface area contributed by atoms with Crippen molar-refractivity contribution in [3.63, 3.8) is 0 Å². The van der Waals surface area contributed by atoms with Crippen molar-refractivity contribution in [2.24, 2.45) is 5.92 Å². The van der Waals surface area contributed by atoms with Crippen LogP contribution in [0.5, 0.6) is 0 Å². The van der Waals surface area contributed by atoms with Gasteiger partial charge in [-0.25, -0.2) is 4.98 Å². The quantitative estimate of drug-likeness (QED) is 0.631. The van der Waals surface area contributed by atoms with Gasteiger partial charge in [0.25, 0.3) is 0 Å². The summed E-state index contributed by atoms with van der Waals surface area (Å²) < 4.78 is 1.77. The number of carbonyl (C=O) groups excluding carboxylic acids is 1. The molecule has 5 nitrogen and oxygen atoms in total. The summed E-state index contributed by atoms with van der Waals surface area (Å²) in [6.45, 7) is 1.62. The van der Waals surface area contributed by atoms with Gasteiger partial charge in [0.1, 0.15) is 12.7 Å². The van der Waals surface area contributed by atoms with Crippen LogP contribution >= 0.6 is 0 Å². The third-order valence-corrected chi connectivity index (χ3v) is 2.33. The average Bonchev–Trinajstić information content (AvgIpc) is 2.64. The van der Waals surface area contributed by atoms with E-state index >= 15 is 0 Å². The molecule has 1 fully saturated rings. The molecule has 1 atom stereocenters. The lowest BCUT2D eigenvalue weighted by Gasteiger charge is -2.09. The molecule has 70 valence electrons. The number of aromatic nitrogens is 3. The van der Waals surface area contributed by atoms with Crippen molar-refractivity contribution in [1.82, 2.24) is 19.7 Å². The number of nitrogens with zero attached hydrogens (tertiary/aromatic N) is 4. The van der Waals surface area contributed by atoms with Crippen LogP contribution in [0.15, 0.2) is 12.7 Å².